The van der Waals surface area contributed by atoms with Gasteiger partial charge in [0.05, 0.1) is 25.4 Å². The van der Waals surface area contributed by atoms with Gasteiger partial charge in [0.1, 0.15) is 24.4 Å². The van der Waals surface area contributed by atoms with Gasteiger partial charge in [-0.1, -0.05) is 257 Å². The molecule has 0 aliphatic carbocycles. The van der Waals surface area contributed by atoms with E-state index >= 15 is 0 Å². The Morgan fingerprint density at radius 3 is 1.31 bits per heavy atom. The number of rotatable bonds is 55. The van der Waals surface area contributed by atoms with E-state index in [1.54, 1.807) is 6.08 Å². The highest BCUT2D eigenvalue weighted by molar-refractivity contribution is 5.80. The van der Waals surface area contributed by atoms with Gasteiger partial charge >= 0.3 is 5.97 Å². The molecular weight excluding hydrogens is 1050 g/mol. The van der Waals surface area contributed by atoms with Crippen LogP contribution in [0.25, 0.3) is 0 Å². The van der Waals surface area contributed by atoms with E-state index < -0.39 is 67.4 Å². The number of aliphatic hydroxyl groups is 5. The topological polar surface area (TPSA) is 175 Å². The van der Waals surface area contributed by atoms with Crippen LogP contribution in [0.15, 0.2) is 134 Å². The monoisotopic (exact) mass is 1170 g/mol. The minimum Gasteiger partial charge on any atom is -0.454 e. The number of allylic oxidation sites excluding steroid dienone is 21. The second-order valence-electron chi connectivity index (χ2n) is 22.5. The number of esters is 1. The number of amides is 1. The maximum absolute atomic E-state index is 13.4. The van der Waals surface area contributed by atoms with E-state index in [-0.39, 0.29) is 19.4 Å². The van der Waals surface area contributed by atoms with E-state index in [0.29, 0.717) is 12.8 Å². The molecule has 1 rings (SSSR count). The molecule has 1 aliphatic heterocycles. The number of aliphatic hydroxyl groups excluding tert-OH is 5. The molecule has 11 nitrogen and oxygen atoms in total. The van der Waals surface area contributed by atoms with E-state index in [0.717, 1.165) is 141 Å². The molecule has 1 aliphatic rings. The summed E-state index contributed by atoms with van der Waals surface area (Å²) in [5.74, 6) is -1.25. The first-order valence-electron chi connectivity index (χ1n) is 33.5. The summed E-state index contributed by atoms with van der Waals surface area (Å²) in [5, 5.41) is 57.1. The quantitative estimate of drug-likeness (QED) is 0.0195. The van der Waals surface area contributed by atoms with E-state index in [2.05, 4.69) is 148 Å². The van der Waals surface area contributed by atoms with Gasteiger partial charge in [0, 0.05) is 6.42 Å². The average molecular weight is 1170 g/mol. The summed E-state index contributed by atoms with van der Waals surface area (Å²) in [5.41, 5.74) is 0. The first kappa shape index (κ1) is 77.8. The molecule has 0 bridgehead atoms. The van der Waals surface area contributed by atoms with Crippen molar-refractivity contribution >= 4 is 11.9 Å². The third-order valence-corrected chi connectivity index (χ3v) is 14.8. The highest BCUT2D eigenvalue weighted by Crippen LogP contribution is 2.26. The fourth-order valence-electron chi connectivity index (χ4n) is 9.52. The van der Waals surface area contributed by atoms with Gasteiger partial charge in [-0.15, -0.1) is 0 Å². The lowest BCUT2D eigenvalue weighted by Crippen LogP contribution is -2.61. The first-order valence-corrected chi connectivity index (χ1v) is 33.5. The van der Waals surface area contributed by atoms with Crippen LogP contribution in [0.5, 0.6) is 0 Å². The van der Waals surface area contributed by atoms with Crippen molar-refractivity contribution in [1.29, 1.82) is 0 Å². The van der Waals surface area contributed by atoms with Gasteiger partial charge < -0.3 is 45.1 Å². The number of carbonyl (C=O) groups is 2. The Balaban J connectivity index is 2.66. The highest BCUT2D eigenvalue weighted by Gasteiger charge is 2.47. The summed E-state index contributed by atoms with van der Waals surface area (Å²) in [4.78, 5) is 26.6. The molecule has 1 amide bonds. The van der Waals surface area contributed by atoms with Gasteiger partial charge in [-0.05, 0) is 122 Å². The van der Waals surface area contributed by atoms with Crippen molar-refractivity contribution in [1.82, 2.24) is 5.32 Å². The number of hydrogen-bond donors (Lipinski definition) is 6. The Hall–Kier alpha value is -4.20. The fourth-order valence-corrected chi connectivity index (χ4v) is 9.52. The maximum Gasteiger partial charge on any atom is 0.306 e. The number of nitrogens with one attached hydrogen (secondary N) is 1. The van der Waals surface area contributed by atoms with Crippen LogP contribution in [-0.2, 0) is 23.8 Å². The summed E-state index contributed by atoms with van der Waals surface area (Å²) in [6.07, 6.45) is 73.4. The molecule has 11 heteroatoms. The molecule has 8 unspecified atom stereocenters. The fraction of sp³-hybridized carbons (Fsp3) is 0.671. The lowest BCUT2D eigenvalue weighted by molar-refractivity contribution is -0.305. The van der Waals surface area contributed by atoms with E-state index in [9.17, 15) is 35.1 Å². The molecule has 0 aromatic heterocycles. The zero-order valence-electron chi connectivity index (χ0n) is 53.0. The molecular formula is C73H121NO10. The van der Waals surface area contributed by atoms with Crippen molar-refractivity contribution in [2.24, 2.45) is 0 Å². The number of ether oxygens (including phenoxy) is 3. The normalized spacial score (nSPS) is 19.4. The van der Waals surface area contributed by atoms with E-state index in [1.165, 1.54) is 64.2 Å². The zero-order valence-corrected chi connectivity index (χ0v) is 53.0. The summed E-state index contributed by atoms with van der Waals surface area (Å²) in [7, 11) is 0. The van der Waals surface area contributed by atoms with Crippen LogP contribution >= 0.6 is 0 Å². The third-order valence-electron chi connectivity index (χ3n) is 14.8. The Morgan fingerprint density at radius 2 is 0.857 bits per heavy atom. The van der Waals surface area contributed by atoms with Crippen LogP contribution in [0, 0.1) is 0 Å². The third kappa shape index (κ3) is 46.1. The van der Waals surface area contributed by atoms with Gasteiger partial charge in [-0.25, -0.2) is 0 Å². The van der Waals surface area contributed by atoms with Gasteiger partial charge in [-0.3, -0.25) is 9.59 Å². The van der Waals surface area contributed by atoms with Crippen LogP contribution in [0.4, 0.5) is 0 Å². The molecule has 1 heterocycles. The lowest BCUT2D eigenvalue weighted by atomic mass is 9.99. The van der Waals surface area contributed by atoms with Crippen molar-refractivity contribution in [3.05, 3.63) is 134 Å². The minimum atomic E-state index is -1.64. The predicted molar refractivity (Wildman–Crippen MR) is 351 cm³/mol. The predicted octanol–water partition coefficient (Wildman–Crippen LogP) is 16.8. The molecule has 0 aromatic rings. The second kappa shape index (κ2) is 59.1. The van der Waals surface area contributed by atoms with Crippen molar-refractivity contribution in [3.63, 3.8) is 0 Å². The average Bonchev–Trinajstić information content (AvgIpc) is 3.69. The Kier molecular flexibility index (Phi) is 54.8. The van der Waals surface area contributed by atoms with Crippen LogP contribution in [0.3, 0.4) is 0 Å². The van der Waals surface area contributed by atoms with Crippen LogP contribution in [-0.4, -0.2) is 99.6 Å². The molecule has 0 saturated carbocycles. The molecule has 6 N–H and O–H groups in total. The van der Waals surface area contributed by atoms with Crippen molar-refractivity contribution < 1.29 is 49.3 Å². The number of unbranched alkanes of at least 4 members (excludes halogenated alkanes) is 21. The molecule has 84 heavy (non-hydrogen) atoms. The molecule has 8 atom stereocenters. The molecule has 0 aromatic carbocycles. The SMILES string of the molecule is CC/C=C\C/C=C\C/C=C\C/C=C\C/C=C\C/C=C\CCCCCCCCC(=O)OC1C(OCC(NC(=O)C(O)CCCC/C=C\C/C=C\C/C=C\C/C=C\CCCCC)C(O)/C=C/CCCCCCCCCCCC)OC(CO)C(O)C1O. The van der Waals surface area contributed by atoms with Crippen molar-refractivity contribution in [2.45, 2.75) is 301 Å². The van der Waals surface area contributed by atoms with Gasteiger partial charge in [0.15, 0.2) is 12.4 Å². The maximum atomic E-state index is 13.4. The van der Waals surface area contributed by atoms with Crippen molar-refractivity contribution in [3.8, 4) is 0 Å². The van der Waals surface area contributed by atoms with E-state index in [4.69, 9.17) is 14.2 Å². The number of carbonyl (C=O) groups excluding carboxylic acids is 2. The lowest BCUT2D eigenvalue weighted by Gasteiger charge is -2.41. The van der Waals surface area contributed by atoms with Gasteiger partial charge in [-0.2, -0.15) is 0 Å². The van der Waals surface area contributed by atoms with Crippen LogP contribution < -0.4 is 5.32 Å². The minimum absolute atomic E-state index is 0.0939. The van der Waals surface area contributed by atoms with Crippen LogP contribution in [0.2, 0.25) is 0 Å². The second-order valence-corrected chi connectivity index (χ2v) is 22.5. The summed E-state index contributed by atoms with van der Waals surface area (Å²) in [6.45, 7) is 5.61. The molecule has 1 fully saturated rings. The van der Waals surface area contributed by atoms with Gasteiger partial charge in [0.25, 0.3) is 0 Å². The molecule has 0 spiro atoms. The smallest absolute Gasteiger partial charge is 0.306 e. The Labute approximate surface area is 512 Å². The molecule has 478 valence electrons. The zero-order chi connectivity index (χ0) is 61.0. The first-order chi connectivity index (χ1) is 41.2. The molecule has 1 saturated heterocycles. The molecule has 0 radical (unpaired) electrons. The highest BCUT2D eigenvalue weighted by atomic mass is 16.7. The summed E-state index contributed by atoms with van der Waals surface area (Å²) >= 11 is 0. The van der Waals surface area contributed by atoms with Crippen LogP contribution in [0.1, 0.15) is 252 Å². The summed E-state index contributed by atoms with van der Waals surface area (Å²) < 4.78 is 17.6. The largest absolute Gasteiger partial charge is 0.454 e. The Morgan fingerprint density at radius 1 is 0.476 bits per heavy atom. The Bertz CT molecular complexity index is 1880. The summed E-state index contributed by atoms with van der Waals surface area (Å²) in [6, 6.07) is -1.05. The van der Waals surface area contributed by atoms with Gasteiger partial charge in [0.2, 0.25) is 5.91 Å². The standard InChI is InChI=1S/C73H121NO10/c1-4-7-10-13-16-19-22-25-27-29-31-32-33-34-35-36-37-39-41-43-46-49-52-55-58-61-68(78)84-71-70(80)69(79)67(62-75)83-73(71)82-63-64(65(76)59-56-53-50-47-44-24-21-18-15-12-9-6-3)74-72(81)66(77)60-57-54-51-48-45-42-40-38-30-28-26-23-20-17-14-11-8-5-2/h7,10,16-17,19-20,25-28,31-32,34-35,37-40,45,48,56,59,64-67,69-71,73,75-77,79-80H,4-6,8-9,11-15,18,21-24,29-30,33,36,41-44,46-47,49-55,57-58,60-63H2,1-3H3,(H,74,81)/b10-7-,19-16-,20-17-,27-25-,28-26-,32-31-,35-34-,39-37-,40-38-,48-45-,59-56+. The number of hydrogen-bond acceptors (Lipinski definition) is 10. The van der Waals surface area contributed by atoms with E-state index in [1.807, 2.05) is 6.08 Å². The van der Waals surface area contributed by atoms with Crippen molar-refractivity contribution in [2.75, 3.05) is 13.2 Å².